The Kier molecular flexibility index (Phi) is 5.18. The second-order valence-electron chi connectivity index (χ2n) is 6.72. The number of H-pyrrole nitrogens is 1. The lowest BCUT2D eigenvalue weighted by molar-refractivity contribution is -0.918. The van der Waals surface area contributed by atoms with Crippen molar-refractivity contribution in [2.75, 3.05) is 20.2 Å². The van der Waals surface area contributed by atoms with Crippen LogP contribution < -0.4 is 9.64 Å². The molecule has 0 saturated carbocycles. The van der Waals surface area contributed by atoms with Crippen LogP contribution in [0.1, 0.15) is 12.0 Å². The maximum Gasteiger partial charge on any atom is 0.221 e. The van der Waals surface area contributed by atoms with Crippen molar-refractivity contribution in [2.45, 2.75) is 13.1 Å². The molecule has 2 aromatic carbocycles. The van der Waals surface area contributed by atoms with E-state index in [0.717, 1.165) is 43.3 Å². The second kappa shape index (κ2) is 7.90. The smallest absolute Gasteiger partial charge is 0.221 e. The fourth-order valence-corrected chi connectivity index (χ4v) is 3.61. The molecule has 0 spiro atoms. The van der Waals surface area contributed by atoms with Gasteiger partial charge in [0.1, 0.15) is 5.75 Å². The number of quaternary nitrogens is 1. The first kappa shape index (κ1) is 17.7. The molecular formula is C21H23N4OS+. The number of hydrogen-bond donors (Lipinski definition) is 2. The summed E-state index contributed by atoms with van der Waals surface area (Å²) >= 11 is 5.46. The first-order valence-electron chi connectivity index (χ1n) is 9.12. The maximum absolute atomic E-state index is 5.46. The zero-order chi connectivity index (χ0) is 18.6. The fraction of sp³-hybridized carbons (Fsp3) is 0.238. The monoisotopic (exact) mass is 379 g/mol. The maximum atomic E-state index is 5.46. The fourth-order valence-electron chi connectivity index (χ4n) is 3.41. The van der Waals surface area contributed by atoms with Crippen molar-refractivity contribution in [3.8, 4) is 17.1 Å². The third kappa shape index (κ3) is 4.02. The van der Waals surface area contributed by atoms with E-state index in [1.54, 1.807) is 7.11 Å². The van der Waals surface area contributed by atoms with E-state index in [-0.39, 0.29) is 0 Å². The molecule has 4 rings (SSSR count). The highest BCUT2D eigenvalue weighted by Crippen LogP contribution is 2.19. The van der Waals surface area contributed by atoms with Gasteiger partial charge in [0, 0.05) is 12.0 Å². The first-order chi connectivity index (χ1) is 13.2. The van der Waals surface area contributed by atoms with Crippen LogP contribution in [0, 0.1) is 4.77 Å². The molecule has 1 unspecified atom stereocenters. The molecule has 27 heavy (non-hydrogen) atoms. The number of aromatic amines is 1. The molecular weight excluding hydrogens is 356 g/mol. The summed E-state index contributed by atoms with van der Waals surface area (Å²) in [6.07, 6.45) is 3.42. The number of nitrogens with zero attached hydrogens (tertiary/aromatic N) is 2. The largest absolute Gasteiger partial charge is 0.497 e. The van der Waals surface area contributed by atoms with Gasteiger partial charge in [-0.05, 0) is 53.7 Å². The zero-order valence-electron chi connectivity index (χ0n) is 15.3. The van der Waals surface area contributed by atoms with E-state index in [9.17, 15) is 0 Å². The molecule has 138 valence electrons. The van der Waals surface area contributed by atoms with E-state index >= 15 is 0 Å². The van der Waals surface area contributed by atoms with Gasteiger partial charge in [0.15, 0.2) is 12.5 Å². The molecule has 2 heterocycles. The molecule has 0 bridgehead atoms. The Labute approximate surface area is 163 Å². The molecule has 1 atom stereocenters. The summed E-state index contributed by atoms with van der Waals surface area (Å²) in [5.41, 5.74) is 3.77. The minimum atomic E-state index is 0.589. The Balaban J connectivity index is 1.45. The van der Waals surface area contributed by atoms with Gasteiger partial charge >= 0.3 is 0 Å². The van der Waals surface area contributed by atoms with Crippen molar-refractivity contribution < 1.29 is 9.64 Å². The molecule has 2 N–H and O–H groups in total. The highest BCUT2D eigenvalue weighted by atomic mass is 32.1. The van der Waals surface area contributed by atoms with Gasteiger partial charge in [-0.25, -0.2) is 4.68 Å². The SMILES string of the molecule is COc1ccc(-c2nc(=S)n(C[NH+]3CC=C(c4ccccc4)CC3)[nH]2)cc1. The predicted molar refractivity (Wildman–Crippen MR) is 109 cm³/mol. The van der Waals surface area contributed by atoms with Gasteiger partial charge in [0.2, 0.25) is 4.77 Å². The van der Waals surface area contributed by atoms with Gasteiger partial charge in [0.25, 0.3) is 0 Å². The number of hydrogen-bond acceptors (Lipinski definition) is 3. The van der Waals surface area contributed by atoms with E-state index in [1.807, 2.05) is 28.9 Å². The topological polar surface area (TPSA) is 47.3 Å². The molecule has 6 heteroatoms. The van der Waals surface area contributed by atoms with E-state index in [0.29, 0.717) is 4.77 Å². The predicted octanol–water partition coefficient (Wildman–Crippen LogP) is 2.95. The van der Waals surface area contributed by atoms with Gasteiger partial charge in [-0.15, -0.1) is 0 Å². The summed E-state index contributed by atoms with van der Waals surface area (Å²) in [4.78, 5) is 5.99. The average Bonchev–Trinajstić information content (AvgIpc) is 3.09. The summed E-state index contributed by atoms with van der Waals surface area (Å²) in [6.45, 7) is 2.86. The number of rotatable bonds is 5. The van der Waals surface area contributed by atoms with Crippen molar-refractivity contribution in [3.05, 3.63) is 71.0 Å². The lowest BCUT2D eigenvalue weighted by Crippen LogP contribution is -3.11. The Bertz CT molecular complexity index is 989. The zero-order valence-corrected chi connectivity index (χ0v) is 16.1. The molecule has 5 nitrogen and oxygen atoms in total. The lowest BCUT2D eigenvalue weighted by Gasteiger charge is -2.23. The third-order valence-electron chi connectivity index (χ3n) is 4.95. The Morgan fingerprint density at radius 3 is 2.56 bits per heavy atom. The van der Waals surface area contributed by atoms with Crippen LogP contribution >= 0.6 is 12.2 Å². The number of aromatic nitrogens is 3. The van der Waals surface area contributed by atoms with Crippen LogP contribution in [0.4, 0.5) is 0 Å². The minimum Gasteiger partial charge on any atom is -0.497 e. The highest BCUT2D eigenvalue weighted by molar-refractivity contribution is 7.71. The van der Waals surface area contributed by atoms with E-state index in [4.69, 9.17) is 17.0 Å². The average molecular weight is 380 g/mol. The number of methoxy groups -OCH3 is 1. The van der Waals surface area contributed by atoms with Crippen molar-refractivity contribution in [2.24, 2.45) is 0 Å². The van der Waals surface area contributed by atoms with Crippen LogP contribution in [-0.2, 0) is 6.67 Å². The van der Waals surface area contributed by atoms with Gasteiger partial charge in [-0.2, -0.15) is 4.98 Å². The van der Waals surface area contributed by atoms with Crippen LogP contribution in [0.3, 0.4) is 0 Å². The number of benzene rings is 2. The summed E-state index contributed by atoms with van der Waals surface area (Å²) < 4.78 is 7.76. The third-order valence-corrected chi connectivity index (χ3v) is 5.27. The molecule has 1 aliphatic heterocycles. The van der Waals surface area contributed by atoms with Crippen molar-refractivity contribution >= 4 is 17.8 Å². The van der Waals surface area contributed by atoms with Crippen LogP contribution in [0.25, 0.3) is 17.0 Å². The van der Waals surface area contributed by atoms with Crippen molar-refractivity contribution in [1.82, 2.24) is 14.8 Å². The van der Waals surface area contributed by atoms with Crippen molar-refractivity contribution in [1.29, 1.82) is 0 Å². The quantitative estimate of drug-likeness (QED) is 0.670. The van der Waals surface area contributed by atoms with E-state index in [2.05, 4.69) is 46.5 Å². The number of nitrogens with one attached hydrogen (secondary N) is 2. The van der Waals surface area contributed by atoms with Gasteiger partial charge in [0.05, 0.1) is 20.2 Å². The second-order valence-corrected chi connectivity index (χ2v) is 7.08. The van der Waals surface area contributed by atoms with Crippen LogP contribution in [0.2, 0.25) is 0 Å². The van der Waals surface area contributed by atoms with Gasteiger partial charge < -0.3 is 9.64 Å². The highest BCUT2D eigenvalue weighted by Gasteiger charge is 2.17. The summed E-state index contributed by atoms with van der Waals surface area (Å²) in [5.74, 6) is 1.62. The van der Waals surface area contributed by atoms with Crippen LogP contribution in [-0.4, -0.2) is 35.0 Å². The summed E-state index contributed by atoms with van der Waals surface area (Å²) in [7, 11) is 1.66. The molecule has 1 aliphatic rings. The van der Waals surface area contributed by atoms with Gasteiger partial charge in [-0.1, -0.05) is 30.3 Å². The number of ether oxygens (including phenoxy) is 1. The lowest BCUT2D eigenvalue weighted by atomic mass is 10.00. The molecule has 0 saturated heterocycles. The molecule has 1 aromatic heterocycles. The molecule has 3 aromatic rings. The summed E-state index contributed by atoms with van der Waals surface area (Å²) in [6, 6.07) is 18.4. The van der Waals surface area contributed by atoms with E-state index in [1.165, 1.54) is 16.0 Å². The normalized spacial score (nSPS) is 16.8. The first-order valence-corrected chi connectivity index (χ1v) is 9.53. The Morgan fingerprint density at radius 2 is 1.89 bits per heavy atom. The minimum absolute atomic E-state index is 0.589. The molecule has 0 radical (unpaired) electrons. The van der Waals surface area contributed by atoms with Gasteiger partial charge in [-0.3, -0.25) is 5.10 Å². The standard InChI is InChI=1S/C21H22N4OS/c1-26-19-9-7-18(8-10-19)20-22-21(27)25(23-20)15-24-13-11-17(12-14-24)16-5-3-2-4-6-16/h2-11H,12-15H2,1H3,(H,22,23,27)/p+1. The molecule has 0 aliphatic carbocycles. The van der Waals surface area contributed by atoms with Crippen LogP contribution in [0.5, 0.6) is 5.75 Å². The molecule has 0 fully saturated rings. The molecule has 0 amide bonds. The van der Waals surface area contributed by atoms with Crippen molar-refractivity contribution in [3.63, 3.8) is 0 Å². The van der Waals surface area contributed by atoms with E-state index < -0.39 is 0 Å². The Morgan fingerprint density at radius 1 is 1.11 bits per heavy atom. The van der Waals surface area contributed by atoms with Crippen LogP contribution in [0.15, 0.2) is 60.7 Å². The Hall–Kier alpha value is -2.70. The summed E-state index contributed by atoms with van der Waals surface area (Å²) in [5, 5.41) is 3.34.